The number of nitrogens with zero attached hydrogens (tertiary/aromatic N) is 3. The van der Waals surface area contributed by atoms with Gasteiger partial charge in [0, 0.05) is 37.4 Å². The maximum Gasteiger partial charge on any atom is 0.228 e. The van der Waals surface area contributed by atoms with E-state index in [0.29, 0.717) is 13.0 Å². The van der Waals surface area contributed by atoms with Gasteiger partial charge in [0.2, 0.25) is 5.91 Å². The minimum Gasteiger partial charge on any atom is -0.296 e. The molecule has 98 valence electrons. The molecule has 2 heterocycles. The molecule has 1 aliphatic rings. The van der Waals surface area contributed by atoms with Crippen molar-refractivity contribution in [2.75, 3.05) is 11.4 Å². The van der Waals surface area contributed by atoms with E-state index in [9.17, 15) is 4.79 Å². The third kappa shape index (κ3) is 2.19. The number of amides is 1. The second kappa shape index (κ2) is 4.26. The Morgan fingerprint density at radius 3 is 2.61 bits per heavy atom. The predicted octanol–water partition coefficient (Wildman–Crippen LogP) is 2.26. The second-order valence-corrected chi connectivity index (χ2v) is 5.97. The Balaban J connectivity index is 2.32. The topological polar surface area (TPSA) is 38.1 Å². The van der Waals surface area contributed by atoms with E-state index in [-0.39, 0.29) is 17.2 Å². The summed E-state index contributed by atoms with van der Waals surface area (Å²) in [7, 11) is 1.89. The lowest BCUT2D eigenvalue weighted by molar-refractivity contribution is -0.117. The van der Waals surface area contributed by atoms with Crippen LogP contribution in [0.5, 0.6) is 0 Å². The molecule has 1 amide bonds. The molecular formula is C14H21N3O. The van der Waals surface area contributed by atoms with Gasteiger partial charge in [0.05, 0.1) is 5.69 Å². The Morgan fingerprint density at radius 2 is 2.17 bits per heavy atom. The molecule has 1 aromatic heterocycles. The number of rotatable bonds is 2. The highest BCUT2D eigenvalue weighted by atomic mass is 16.2. The second-order valence-electron chi connectivity index (χ2n) is 5.97. The van der Waals surface area contributed by atoms with Crippen molar-refractivity contribution in [1.29, 1.82) is 0 Å². The van der Waals surface area contributed by atoms with Crippen molar-refractivity contribution < 1.29 is 4.79 Å². The SMILES string of the molecule is C=CC1CC(=O)N(c2cc(C(C)(C)C)nn2C)C1. The first kappa shape index (κ1) is 12.9. The number of aryl methyl sites for hydroxylation is 1. The van der Waals surface area contributed by atoms with Crippen LogP contribution in [0.15, 0.2) is 18.7 Å². The highest BCUT2D eigenvalue weighted by Gasteiger charge is 2.31. The molecule has 1 aromatic rings. The summed E-state index contributed by atoms with van der Waals surface area (Å²) in [6.07, 6.45) is 2.42. The van der Waals surface area contributed by atoms with Gasteiger partial charge in [-0.05, 0) is 0 Å². The molecule has 0 radical (unpaired) electrons. The maximum absolute atomic E-state index is 12.0. The summed E-state index contributed by atoms with van der Waals surface area (Å²) in [6.45, 7) is 10.9. The molecule has 2 rings (SSSR count). The molecule has 0 saturated carbocycles. The minimum absolute atomic E-state index is 0.00335. The van der Waals surface area contributed by atoms with Gasteiger partial charge in [0.25, 0.3) is 0 Å². The van der Waals surface area contributed by atoms with Crippen molar-refractivity contribution >= 4 is 11.7 Å². The zero-order valence-electron chi connectivity index (χ0n) is 11.6. The van der Waals surface area contributed by atoms with E-state index in [1.54, 1.807) is 4.68 Å². The van der Waals surface area contributed by atoms with Gasteiger partial charge >= 0.3 is 0 Å². The van der Waals surface area contributed by atoms with Crippen LogP contribution >= 0.6 is 0 Å². The first-order valence-electron chi connectivity index (χ1n) is 6.30. The highest BCUT2D eigenvalue weighted by Crippen LogP contribution is 2.29. The molecule has 0 spiro atoms. The first-order chi connectivity index (χ1) is 8.32. The molecule has 4 nitrogen and oxygen atoms in total. The third-order valence-electron chi connectivity index (χ3n) is 3.39. The van der Waals surface area contributed by atoms with Gasteiger partial charge < -0.3 is 0 Å². The Morgan fingerprint density at radius 1 is 1.50 bits per heavy atom. The fraction of sp³-hybridized carbons (Fsp3) is 0.571. The zero-order chi connectivity index (χ0) is 13.5. The first-order valence-corrected chi connectivity index (χ1v) is 6.30. The molecule has 1 unspecified atom stereocenters. The molecular weight excluding hydrogens is 226 g/mol. The molecule has 1 fully saturated rings. The van der Waals surface area contributed by atoms with Gasteiger partial charge in [-0.1, -0.05) is 26.8 Å². The van der Waals surface area contributed by atoms with Crippen molar-refractivity contribution in [3.8, 4) is 0 Å². The summed E-state index contributed by atoms with van der Waals surface area (Å²) in [4.78, 5) is 13.8. The maximum atomic E-state index is 12.0. The van der Waals surface area contributed by atoms with E-state index in [1.165, 1.54) is 0 Å². The summed E-state index contributed by atoms with van der Waals surface area (Å²) in [5.41, 5.74) is 1.01. The average Bonchev–Trinajstić information content (AvgIpc) is 2.81. The van der Waals surface area contributed by atoms with Crippen LogP contribution in [-0.2, 0) is 17.3 Å². The minimum atomic E-state index is -0.00335. The molecule has 0 aromatic carbocycles. The third-order valence-corrected chi connectivity index (χ3v) is 3.39. The Kier molecular flexibility index (Phi) is 3.05. The quantitative estimate of drug-likeness (QED) is 0.752. The Labute approximate surface area is 108 Å². The van der Waals surface area contributed by atoms with E-state index >= 15 is 0 Å². The van der Waals surface area contributed by atoms with Gasteiger partial charge in [-0.25, -0.2) is 0 Å². The number of aromatic nitrogens is 2. The van der Waals surface area contributed by atoms with Gasteiger partial charge in [0.15, 0.2) is 0 Å². The van der Waals surface area contributed by atoms with Crippen LogP contribution in [0.4, 0.5) is 5.82 Å². The fourth-order valence-electron chi connectivity index (χ4n) is 2.19. The Hall–Kier alpha value is -1.58. The van der Waals surface area contributed by atoms with Crippen molar-refractivity contribution in [1.82, 2.24) is 9.78 Å². The average molecular weight is 247 g/mol. The monoisotopic (exact) mass is 247 g/mol. The van der Waals surface area contributed by atoms with Crippen molar-refractivity contribution in [3.05, 3.63) is 24.4 Å². The molecule has 0 aliphatic carbocycles. The standard InChI is InChI=1S/C14H21N3O/c1-6-10-7-13(18)17(9-10)12-8-11(14(2,3)4)15-16(12)5/h6,8,10H,1,7,9H2,2-5H3. The smallest absolute Gasteiger partial charge is 0.228 e. The van der Waals surface area contributed by atoms with Crippen LogP contribution in [0.3, 0.4) is 0 Å². The molecule has 4 heteroatoms. The molecule has 1 aliphatic heterocycles. The van der Waals surface area contributed by atoms with Gasteiger partial charge in [-0.15, -0.1) is 6.58 Å². The van der Waals surface area contributed by atoms with Gasteiger partial charge in [0.1, 0.15) is 5.82 Å². The summed E-state index contributed by atoms with van der Waals surface area (Å²) in [5.74, 6) is 1.29. The molecule has 0 N–H and O–H groups in total. The molecule has 0 bridgehead atoms. The largest absolute Gasteiger partial charge is 0.296 e. The van der Waals surface area contributed by atoms with Crippen LogP contribution < -0.4 is 4.90 Å². The Bertz CT molecular complexity index is 482. The van der Waals surface area contributed by atoms with E-state index in [2.05, 4.69) is 32.4 Å². The summed E-state index contributed by atoms with van der Waals surface area (Å²) >= 11 is 0. The van der Waals surface area contributed by atoms with Crippen LogP contribution in [0.1, 0.15) is 32.9 Å². The van der Waals surface area contributed by atoms with E-state index < -0.39 is 0 Å². The number of carbonyl (C=O) groups is 1. The fourth-order valence-corrected chi connectivity index (χ4v) is 2.19. The van der Waals surface area contributed by atoms with Crippen LogP contribution in [0.2, 0.25) is 0 Å². The summed E-state index contributed by atoms with van der Waals surface area (Å²) in [5, 5.41) is 4.51. The van der Waals surface area contributed by atoms with Crippen molar-refractivity contribution in [2.24, 2.45) is 13.0 Å². The lowest BCUT2D eigenvalue weighted by Crippen LogP contribution is -2.26. The zero-order valence-corrected chi connectivity index (χ0v) is 11.6. The van der Waals surface area contributed by atoms with Crippen LogP contribution in [0.25, 0.3) is 0 Å². The van der Waals surface area contributed by atoms with Gasteiger partial charge in [-0.3, -0.25) is 14.4 Å². The highest BCUT2D eigenvalue weighted by molar-refractivity contribution is 5.95. The summed E-state index contributed by atoms with van der Waals surface area (Å²) in [6, 6.07) is 2.02. The lowest BCUT2D eigenvalue weighted by atomic mass is 9.92. The van der Waals surface area contributed by atoms with E-state index in [4.69, 9.17) is 0 Å². The number of anilines is 1. The van der Waals surface area contributed by atoms with E-state index in [0.717, 1.165) is 11.5 Å². The lowest BCUT2D eigenvalue weighted by Gasteiger charge is -2.15. The van der Waals surface area contributed by atoms with Crippen molar-refractivity contribution in [2.45, 2.75) is 32.6 Å². The molecule has 1 atom stereocenters. The van der Waals surface area contributed by atoms with Gasteiger partial charge in [-0.2, -0.15) is 5.10 Å². The number of hydrogen-bond acceptors (Lipinski definition) is 2. The predicted molar refractivity (Wildman–Crippen MR) is 72.6 cm³/mol. The van der Waals surface area contributed by atoms with E-state index in [1.807, 2.05) is 24.1 Å². The number of carbonyl (C=O) groups excluding carboxylic acids is 1. The van der Waals surface area contributed by atoms with Crippen molar-refractivity contribution in [3.63, 3.8) is 0 Å². The normalized spacial score (nSPS) is 20.6. The number of hydrogen-bond donors (Lipinski definition) is 0. The molecule has 1 saturated heterocycles. The van der Waals surface area contributed by atoms with Crippen LogP contribution in [0, 0.1) is 5.92 Å². The molecule has 18 heavy (non-hydrogen) atoms. The van der Waals surface area contributed by atoms with Crippen LogP contribution in [-0.4, -0.2) is 22.2 Å². The summed E-state index contributed by atoms with van der Waals surface area (Å²) < 4.78 is 1.80.